The molecule has 0 bridgehead atoms. The number of nitriles is 1. The van der Waals surface area contributed by atoms with Gasteiger partial charge in [0.1, 0.15) is 12.4 Å². The van der Waals surface area contributed by atoms with Crippen molar-refractivity contribution in [2.24, 2.45) is 5.92 Å². The van der Waals surface area contributed by atoms with E-state index in [0.717, 1.165) is 29.0 Å². The van der Waals surface area contributed by atoms with Crippen molar-refractivity contribution >= 4 is 11.6 Å². The summed E-state index contributed by atoms with van der Waals surface area (Å²) >= 11 is 0. The zero-order valence-electron chi connectivity index (χ0n) is 13.9. The number of ether oxygens (including phenoxy) is 1. The van der Waals surface area contributed by atoms with Crippen molar-refractivity contribution in [1.82, 2.24) is 4.90 Å². The normalized spacial score (nSPS) is 19.1. The molecule has 2 heterocycles. The Morgan fingerprint density at radius 2 is 1.96 bits per heavy atom. The van der Waals surface area contributed by atoms with E-state index in [-0.39, 0.29) is 11.8 Å². The van der Waals surface area contributed by atoms with E-state index in [1.165, 1.54) is 0 Å². The van der Waals surface area contributed by atoms with Crippen LogP contribution in [0.25, 0.3) is 11.1 Å². The second-order valence-electron chi connectivity index (χ2n) is 6.42. The quantitative estimate of drug-likeness (QED) is 0.793. The average molecular weight is 333 g/mol. The van der Waals surface area contributed by atoms with Gasteiger partial charge < -0.3 is 14.5 Å². The predicted octanol–water partition coefficient (Wildman–Crippen LogP) is 2.88. The molecule has 5 nitrogen and oxygen atoms in total. The molecule has 0 unspecified atom stereocenters. The van der Waals surface area contributed by atoms with Gasteiger partial charge >= 0.3 is 0 Å². The lowest BCUT2D eigenvalue weighted by Crippen LogP contribution is -2.42. The van der Waals surface area contributed by atoms with Gasteiger partial charge in [-0.15, -0.1) is 0 Å². The number of fused-ring (bicyclic) bond motifs is 1. The molecule has 5 heteroatoms. The van der Waals surface area contributed by atoms with Crippen LogP contribution in [0.3, 0.4) is 0 Å². The van der Waals surface area contributed by atoms with E-state index in [2.05, 4.69) is 18.3 Å². The number of rotatable bonds is 2. The van der Waals surface area contributed by atoms with Gasteiger partial charge in [-0.3, -0.25) is 4.79 Å². The third-order valence-corrected chi connectivity index (χ3v) is 4.88. The minimum atomic E-state index is -0.112. The Kier molecular flexibility index (Phi) is 4.02. The molecule has 1 fully saturated rings. The zero-order chi connectivity index (χ0) is 17.2. The maximum atomic E-state index is 12.9. The third-order valence-electron chi connectivity index (χ3n) is 4.88. The molecule has 1 saturated heterocycles. The lowest BCUT2D eigenvalue weighted by Gasteiger charge is -2.31. The minimum Gasteiger partial charge on any atom is -0.490 e. The van der Waals surface area contributed by atoms with Crippen molar-refractivity contribution in [3.8, 4) is 23.1 Å². The minimum absolute atomic E-state index is 0.0924. The first kappa shape index (κ1) is 15.5. The Balaban J connectivity index is 1.60. The summed E-state index contributed by atoms with van der Waals surface area (Å²) in [6, 6.07) is 16.1. The molecule has 25 heavy (non-hydrogen) atoms. The van der Waals surface area contributed by atoms with E-state index in [1.54, 1.807) is 4.90 Å². The van der Waals surface area contributed by atoms with Crippen molar-refractivity contribution in [2.75, 3.05) is 31.1 Å². The predicted molar refractivity (Wildman–Crippen MR) is 95.0 cm³/mol. The van der Waals surface area contributed by atoms with Crippen LogP contribution in [0, 0.1) is 17.4 Å². The molecule has 0 aromatic heterocycles. The van der Waals surface area contributed by atoms with Gasteiger partial charge in [-0.25, -0.2) is 0 Å². The highest BCUT2D eigenvalue weighted by Gasteiger charge is 2.34. The summed E-state index contributed by atoms with van der Waals surface area (Å²) in [6.07, 6.45) is 2.87. The van der Waals surface area contributed by atoms with Crippen molar-refractivity contribution in [3.05, 3.63) is 48.5 Å². The van der Waals surface area contributed by atoms with E-state index in [1.807, 2.05) is 41.3 Å². The van der Waals surface area contributed by atoms with Gasteiger partial charge in [0.15, 0.2) is 6.19 Å². The van der Waals surface area contributed by atoms with Crippen molar-refractivity contribution in [1.29, 1.82) is 5.26 Å². The second-order valence-corrected chi connectivity index (χ2v) is 6.42. The number of likely N-dealkylation sites (tertiary alicyclic amines) is 1. The van der Waals surface area contributed by atoms with Crippen LogP contribution in [0.15, 0.2) is 48.5 Å². The fraction of sp³-hybridized carbons (Fsp3) is 0.300. The molecule has 4 rings (SSSR count). The molecule has 2 aliphatic rings. The van der Waals surface area contributed by atoms with Gasteiger partial charge in [0.2, 0.25) is 5.91 Å². The number of hydrogen-bond donors (Lipinski definition) is 0. The van der Waals surface area contributed by atoms with Gasteiger partial charge in [0.25, 0.3) is 0 Å². The maximum Gasteiger partial charge on any atom is 0.232 e. The third kappa shape index (κ3) is 2.91. The van der Waals surface area contributed by atoms with Crippen LogP contribution in [0.5, 0.6) is 5.75 Å². The van der Waals surface area contributed by atoms with Crippen LogP contribution < -0.4 is 9.64 Å². The van der Waals surface area contributed by atoms with Crippen molar-refractivity contribution < 1.29 is 9.53 Å². The van der Waals surface area contributed by atoms with Gasteiger partial charge in [-0.05, 0) is 29.7 Å². The van der Waals surface area contributed by atoms with E-state index < -0.39 is 0 Å². The number of carbonyl (C=O) groups is 1. The summed E-state index contributed by atoms with van der Waals surface area (Å²) in [7, 11) is 0. The van der Waals surface area contributed by atoms with Crippen LogP contribution in [0.1, 0.15) is 6.42 Å². The first-order valence-electron chi connectivity index (χ1n) is 8.54. The first-order chi connectivity index (χ1) is 12.3. The Labute approximate surface area is 147 Å². The number of anilines is 1. The largest absolute Gasteiger partial charge is 0.490 e. The Bertz CT molecular complexity index is 829. The number of benzene rings is 2. The molecule has 0 saturated carbocycles. The van der Waals surface area contributed by atoms with E-state index in [0.29, 0.717) is 26.2 Å². The number of hydrogen-bond acceptors (Lipinski definition) is 4. The lowest BCUT2D eigenvalue weighted by atomic mass is 10.0. The van der Waals surface area contributed by atoms with Gasteiger partial charge in [0.05, 0.1) is 18.2 Å². The van der Waals surface area contributed by atoms with E-state index in [9.17, 15) is 4.79 Å². The summed E-state index contributed by atoms with van der Waals surface area (Å²) in [5.41, 5.74) is 3.02. The van der Waals surface area contributed by atoms with Gasteiger partial charge in [-0.1, -0.05) is 36.4 Å². The van der Waals surface area contributed by atoms with Gasteiger partial charge in [-0.2, -0.15) is 5.26 Å². The first-order valence-corrected chi connectivity index (χ1v) is 8.54. The highest BCUT2D eigenvalue weighted by Crippen LogP contribution is 2.37. The van der Waals surface area contributed by atoms with Crippen molar-refractivity contribution in [2.45, 2.75) is 6.42 Å². The fourth-order valence-electron chi connectivity index (χ4n) is 3.53. The molecule has 0 N–H and O–H groups in total. The molecular formula is C20H19N3O2. The van der Waals surface area contributed by atoms with Gasteiger partial charge in [0, 0.05) is 13.1 Å². The van der Waals surface area contributed by atoms with Crippen LogP contribution in [-0.4, -0.2) is 37.0 Å². The smallest absolute Gasteiger partial charge is 0.232 e. The fourth-order valence-corrected chi connectivity index (χ4v) is 3.53. The molecule has 1 atom stereocenters. The molecule has 2 aromatic rings. The van der Waals surface area contributed by atoms with Crippen LogP contribution in [-0.2, 0) is 4.79 Å². The molecule has 1 amide bonds. The summed E-state index contributed by atoms with van der Waals surface area (Å²) < 4.78 is 5.81. The summed E-state index contributed by atoms with van der Waals surface area (Å²) in [6.45, 7) is 2.23. The molecule has 2 aliphatic heterocycles. The average Bonchev–Trinajstić information content (AvgIpc) is 3.16. The highest BCUT2D eigenvalue weighted by atomic mass is 16.5. The summed E-state index contributed by atoms with van der Waals surface area (Å²) in [5, 5.41) is 9.00. The van der Waals surface area contributed by atoms with Crippen LogP contribution in [0.4, 0.5) is 5.69 Å². The number of amides is 1. The Morgan fingerprint density at radius 1 is 1.12 bits per heavy atom. The molecular weight excluding hydrogens is 314 g/mol. The SMILES string of the molecule is N#CN1CC[C@@H](C(=O)N2CCOc3cc(-c4ccccc4)ccc32)C1. The van der Waals surface area contributed by atoms with Crippen molar-refractivity contribution in [3.63, 3.8) is 0 Å². The molecule has 0 aliphatic carbocycles. The Hall–Kier alpha value is -3.00. The molecule has 2 aromatic carbocycles. The second kappa shape index (κ2) is 6.48. The molecule has 0 spiro atoms. The van der Waals surface area contributed by atoms with E-state index in [4.69, 9.17) is 10.00 Å². The molecule has 0 radical (unpaired) electrons. The Morgan fingerprint density at radius 3 is 2.72 bits per heavy atom. The summed E-state index contributed by atoms with van der Waals surface area (Å²) in [5.74, 6) is 0.727. The van der Waals surface area contributed by atoms with Crippen LogP contribution >= 0.6 is 0 Å². The maximum absolute atomic E-state index is 12.9. The number of carbonyl (C=O) groups excluding carboxylic acids is 1. The lowest BCUT2D eigenvalue weighted by molar-refractivity contribution is -0.122. The monoisotopic (exact) mass is 333 g/mol. The zero-order valence-corrected chi connectivity index (χ0v) is 13.9. The highest BCUT2D eigenvalue weighted by molar-refractivity contribution is 5.97. The topological polar surface area (TPSA) is 56.6 Å². The standard InChI is InChI=1S/C20H19N3O2/c21-14-22-9-8-17(13-22)20(24)23-10-11-25-19-12-16(6-7-18(19)23)15-4-2-1-3-5-15/h1-7,12,17H,8-11,13H2/t17-/m1/s1. The van der Waals surface area contributed by atoms with Crippen LogP contribution in [0.2, 0.25) is 0 Å². The molecule has 126 valence electrons. The van der Waals surface area contributed by atoms with E-state index >= 15 is 0 Å². The summed E-state index contributed by atoms with van der Waals surface area (Å²) in [4.78, 5) is 16.4. The number of nitrogens with zero attached hydrogens (tertiary/aromatic N) is 3.